The van der Waals surface area contributed by atoms with Gasteiger partial charge in [-0.3, -0.25) is 14.7 Å². The molecule has 0 atom stereocenters. The number of hydrogen-bond donors (Lipinski definition) is 2. The fourth-order valence-corrected chi connectivity index (χ4v) is 4.12. The Morgan fingerprint density at radius 3 is 2.86 bits per heavy atom. The van der Waals surface area contributed by atoms with Gasteiger partial charge >= 0.3 is 0 Å². The van der Waals surface area contributed by atoms with Crippen molar-refractivity contribution in [3.63, 3.8) is 0 Å². The summed E-state index contributed by atoms with van der Waals surface area (Å²) in [6.07, 6.45) is 13.1. The average Bonchev–Trinajstić information content (AvgIpc) is 3.54. The van der Waals surface area contributed by atoms with Gasteiger partial charge in [0.15, 0.2) is 0 Å². The minimum atomic E-state index is 0.160. The Morgan fingerprint density at radius 2 is 2.06 bits per heavy atom. The van der Waals surface area contributed by atoms with Crippen LogP contribution in [0.2, 0.25) is 0 Å². The highest BCUT2D eigenvalue weighted by atomic mass is 16.2. The van der Waals surface area contributed by atoms with Crippen LogP contribution in [-0.2, 0) is 17.9 Å². The lowest BCUT2D eigenvalue weighted by Gasteiger charge is -2.31. The van der Waals surface area contributed by atoms with Crippen LogP contribution in [0.25, 0.3) is 17.0 Å². The molecular formula is C25H27N9O. The summed E-state index contributed by atoms with van der Waals surface area (Å²) in [5.74, 6) is 0.160. The molecule has 2 N–H and O–H groups in total. The molecule has 1 fully saturated rings. The predicted octanol–water partition coefficient (Wildman–Crippen LogP) is 2.91. The van der Waals surface area contributed by atoms with Gasteiger partial charge in [-0.1, -0.05) is 6.07 Å². The molecule has 1 aliphatic heterocycles. The zero-order valence-corrected chi connectivity index (χ0v) is 19.5. The number of amides is 1. The smallest absolute Gasteiger partial charge is 0.236 e. The molecule has 1 aliphatic rings. The van der Waals surface area contributed by atoms with Crippen LogP contribution in [0.1, 0.15) is 16.8 Å². The molecule has 1 saturated heterocycles. The number of piperazine rings is 1. The second-order valence-corrected chi connectivity index (χ2v) is 8.61. The van der Waals surface area contributed by atoms with E-state index < -0.39 is 0 Å². The summed E-state index contributed by atoms with van der Waals surface area (Å²) in [7, 11) is 1.85. The fraction of sp³-hybridized carbons (Fsp3) is 0.240. The normalized spacial score (nSPS) is 15.1. The van der Waals surface area contributed by atoms with Crippen molar-refractivity contribution < 1.29 is 4.79 Å². The maximum absolute atomic E-state index is 12.0. The van der Waals surface area contributed by atoms with Crippen molar-refractivity contribution in [2.24, 2.45) is 5.11 Å². The summed E-state index contributed by atoms with van der Waals surface area (Å²) in [5, 5.41) is 6.89. The molecule has 0 aromatic carbocycles. The first kappa shape index (κ1) is 22.5. The maximum Gasteiger partial charge on any atom is 0.236 e. The van der Waals surface area contributed by atoms with E-state index in [1.165, 1.54) is 0 Å². The van der Waals surface area contributed by atoms with Crippen molar-refractivity contribution >= 4 is 17.3 Å². The summed E-state index contributed by atoms with van der Waals surface area (Å²) < 4.78 is 3.96. The lowest BCUT2D eigenvalue weighted by atomic mass is 10.2. The third kappa shape index (κ3) is 5.12. The number of hydrogen-bond acceptors (Lipinski definition) is 7. The first-order chi connectivity index (χ1) is 17.1. The van der Waals surface area contributed by atoms with Crippen molar-refractivity contribution in [1.82, 2.24) is 34.1 Å². The molecule has 5 rings (SSSR count). The Labute approximate surface area is 203 Å². The summed E-state index contributed by atoms with van der Waals surface area (Å²) >= 11 is 0. The lowest BCUT2D eigenvalue weighted by Crippen LogP contribution is -2.47. The van der Waals surface area contributed by atoms with Crippen LogP contribution in [0, 0.1) is 5.53 Å². The maximum atomic E-state index is 12.0. The van der Waals surface area contributed by atoms with E-state index in [1.807, 2.05) is 58.9 Å². The highest BCUT2D eigenvalue weighted by molar-refractivity contribution is 5.78. The number of nitrogens with one attached hydrogen (secondary N) is 2. The standard InChI is InChI=1S/C25H27N9O/c1-31-8-9-32(18-25(31)35)15-19-4-5-24-29-21(17-34(24)16-19)12-28-14-23(30-26)20-10-22(13-27-11-20)33-6-2-3-7-33/h2-7,10-11,13-14,16-17,26,28H,8-9,12,15,18H2,1H3/b23-14-,30-26?. The van der Waals surface area contributed by atoms with Crippen LogP contribution < -0.4 is 5.32 Å². The van der Waals surface area contributed by atoms with Gasteiger partial charge < -0.3 is 19.2 Å². The number of rotatable bonds is 8. The Bertz CT molecular complexity index is 1370. The molecule has 0 aliphatic carbocycles. The number of fused-ring (bicyclic) bond motifs is 1. The summed E-state index contributed by atoms with van der Waals surface area (Å²) in [5.41, 5.74) is 12.6. The molecule has 10 heteroatoms. The first-order valence-electron chi connectivity index (χ1n) is 11.4. The molecule has 1 amide bonds. The molecule has 10 nitrogen and oxygen atoms in total. The molecule has 35 heavy (non-hydrogen) atoms. The molecule has 5 heterocycles. The molecule has 0 bridgehead atoms. The average molecular weight is 470 g/mol. The molecule has 0 saturated carbocycles. The molecule has 0 radical (unpaired) electrons. The van der Waals surface area contributed by atoms with Crippen LogP contribution in [0.3, 0.4) is 0 Å². The number of likely N-dealkylation sites (N-methyl/N-ethyl adjacent to an activating group) is 1. The number of pyridine rings is 2. The highest BCUT2D eigenvalue weighted by Crippen LogP contribution is 2.18. The van der Waals surface area contributed by atoms with Gasteiger partial charge in [-0.2, -0.15) is 5.11 Å². The SMILES string of the molecule is CN1CCN(Cc2ccc3nc(CN/C=C(\N=N)c4cncc(-n5cccc5)c4)cn3c2)CC1=O. The highest BCUT2D eigenvalue weighted by Gasteiger charge is 2.20. The van der Waals surface area contributed by atoms with E-state index in [2.05, 4.69) is 37.6 Å². The monoisotopic (exact) mass is 469 g/mol. The topological polar surface area (TPSA) is 107 Å². The Hall–Kier alpha value is -4.31. The largest absolute Gasteiger partial charge is 0.383 e. The van der Waals surface area contributed by atoms with Gasteiger partial charge in [0, 0.05) is 69.4 Å². The number of imidazole rings is 1. The van der Waals surface area contributed by atoms with E-state index in [-0.39, 0.29) is 5.91 Å². The second kappa shape index (κ2) is 9.90. The van der Waals surface area contributed by atoms with E-state index in [0.717, 1.165) is 47.8 Å². The van der Waals surface area contributed by atoms with E-state index in [0.29, 0.717) is 18.8 Å². The molecular weight excluding hydrogens is 442 g/mol. The van der Waals surface area contributed by atoms with Gasteiger partial charge in [0.2, 0.25) is 5.91 Å². The zero-order chi connectivity index (χ0) is 24.2. The van der Waals surface area contributed by atoms with Gasteiger partial charge in [0.1, 0.15) is 11.3 Å². The van der Waals surface area contributed by atoms with Gasteiger partial charge in [0.05, 0.1) is 30.7 Å². The van der Waals surface area contributed by atoms with Crippen molar-refractivity contribution in [2.75, 3.05) is 26.7 Å². The molecule has 4 aromatic rings. The number of carbonyl (C=O) groups excluding carboxylic acids is 1. The van der Waals surface area contributed by atoms with E-state index in [1.54, 1.807) is 23.5 Å². The number of aromatic nitrogens is 4. The third-order valence-electron chi connectivity index (χ3n) is 6.07. The van der Waals surface area contributed by atoms with Crippen molar-refractivity contribution in [3.05, 3.63) is 90.5 Å². The van der Waals surface area contributed by atoms with Crippen LogP contribution in [-0.4, -0.2) is 61.3 Å². The van der Waals surface area contributed by atoms with Gasteiger partial charge in [-0.05, 0) is 29.8 Å². The minimum absolute atomic E-state index is 0.160. The van der Waals surface area contributed by atoms with Crippen molar-refractivity contribution in [3.8, 4) is 5.69 Å². The number of nitrogens with zero attached hydrogens (tertiary/aromatic N) is 7. The van der Waals surface area contributed by atoms with Crippen LogP contribution in [0.15, 0.2) is 78.8 Å². The van der Waals surface area contributed by atoms with Crippen LogP contribution >= 0.6 is 0 Å². The molecule has 4 aromatic heterocycles. The van der Waals surface area contributed by atoms with Crippen molar-refractivity contribution in [2.45, 2.75) is 13.1 Å². The molecule has 0 spiro atoms. The third-order valence-corrected chi connectivity index (χ3v) is 6.07. The van der Waals surface area contributed by atoms with Gasteiger partial charge in [-0.15, -0.1) is 0 Å². The Morgan fingerprint density at radius 1 is 1.20 bits per heavy atom. The van der Waals surface area contributed by atoms with Gasteiger partial charge in [0.25, 0.3) is 0 Å². The van der Waals surface area contributed by atoms with Gasteiger partial charge in [-0.25, -0.2) is 10.5 Å². The fourth-order valence-electron chi connectivity index (χ4n) is 4.12. The first-order valence-corrected chi connectivity index (χ1v) is 11.4. The number of carbonyl (C=O) groups is 1. The summed E-state index contributed by atoms with van der Waals surface area (Å²) in [4.78, 5) is 24.9. The second-order valence-electron chi connectivity index (χ2n) is 8.61. The summed E-state index contributed by atoms with van der Waals surface area (Å²) in [6, 6.07) is 9.90. The predicted molar refractivity (Wildman–Crippen MR) is 132 cm³/mol. The molecule has 178 valence electrons. The lowest BCUT2D eigenvalue weighted by molar-refractivity contribution is -0.134. The van der Waals surface area contributed by atoms with Crippen LogP contribution in [0.4, 0.5) is 0 Å². The van der Waals surface area contributed by atoms with E-state index >= 15 is 0 Å². The summed E-state index contributed by atoms with van der Waals surface area (Å²) in [6.45, 7) is 3.31. The quantitative estimate of drug-likeness (QED) is 0.386. The van der Waals surface area contributed by atoms with Crippen molar-refractivity contribution in [1.29, 1.82) is 5.53 Å². The Balaban J connectivity index is 1.24. The van der Waals surface area contributed by atoms with E-state index in [9.17, 15) is 4.79 Å². The van der Waals surface area contributed by atoms with Crippen LogP contribution in [0.5, 0.6) is 0 Å². The zero-order valence-electron chi connectivity index (χ0n) is 19.5. The molecule has 0 unspecified atom stereocenters. The van der Waals surface area contributed by atoms with E-state index in [4.69, 9.17) is 5.53 Å². The Kier molecular flexibility index (Phi) is 6.36. The minimum Gasteiger partial charge on any atom is -0.383 e.